The van der Waals surface area contributed by atoms with E-state index in [0.29, 0.717) is 19.1 Å². The molecule has 4 heteroatoms. The topological polar surface area (TPSA) is 49.4 Å². The lowest BCUT2D eigenvalue weighted by Gasteiger charge is -2.32. The van der Waals surface area contributed by atoms with Crippen LogP contribution in [0.5, 0.6) is 0 Å². The molecule has 2 atom stereocenters. The Bertz CT molecular complexity index is 275. The maximum absolute atomic E-state index is 11.3. The van der Waals surface area contributed by atoms with Crippen LogP contribution in [0.1, 0.15) is 39.0 Å². The van der Waals surface area contributed by atoms with Gasteiger partial charge in [0.25, 0.3) is 0 Å². The number of carbonyl (C=O) groups is 2. The fourth-order valence-electron chi connectivity index (χ4n) is 2.75. The summed E-state index contributed by atoms with van der Waals surface area (Å²) in [5.41, 5.74) is 0. The first-order chi connectivity index (χ1) is 7.65. The van der Waals surface area contributed by atoms with Crippen molar-refractivity contribution in [1.82, 2.24) is 10.2 Å². The minimum absolute atomic E-state index is 0.145. The van der Waals surface area contributed by atoms with Crippen LogP contribution in [0.25, 0.3) is 0 Å². The number of hydrogen-bond donors (Lipinski definition) is 1. The molecule has 0 spiro atoms. The first kappa shape index (κ1) is 11.6. The molecule has 1 N–H and O–H groups in total. The second kappa shape index (κ2) is 4.95. The fraction of sp³-hybridized carbons (Fsp3) is 0.833. The van der Waals surface area contributed by atoms with Gasteiger partial charge in [0.2, 0.25) is 11.8 Å². The summed E-state index contributed by atoms with van der Waals surface area (Å²) in [4.78, 5) is 24.7. The number of rotatable bonds is 1. The summed E-state index contributed by atoms with van der Waals surface area (Å²) in [6.07, 6.45) is 5.98. The van der Waals surface area contributed by atoms with Crippen LogP contribution < -0.4 is 5.32 Å². The van der Waals surface area contributed by atoms with Gasteiger partial charge < -0.3 is 0 Å². The van der Waals surface area contributed by atoms with Crippen LogP contribution in [0.4, 0.5) is 0 Å². The monoisotopic (exact) mass is 224 g/mol. The number of amides is 2. The second-order valence-electron chi connectivity index (χ2n) is 5.14. The Kier molecular flexibility index (Phi) is 3.59. The third-order valence-corrected chi connectivity index (χ3v) is 3.72. The molecule has 0 radical (unpaired) electrons. The largest absolute Gasteiger partial charge is 0.294 e. The summed E-state index contributed by atoms with van der Waals surface area (Å²) < 4.78 is 0. The number of hydrogen-bond acceptors (Lipinski definition) is 3. The molecule has 16 heavy (non-hydrogen) atoms. The van der Waals surface area contributed by atoms with Gasteiger partial charge in [0, 0.05) is 6.04 Å². The zero-order chi connectivity index (χ0) is 11.5. The number of nitrogens with zero attached hydrogens (tertiary/aromatic N) is 1. The van der Waals surface area contributed by atoms with Crippen molar-refractivity contribution in [2.24, 2.45) is 5.92 Å². The van der Waals surface area contributed by atoms with E-state index in [-0.39, 0.29) is 11.8 Å². The van der Waals surface area contributed by atoms with Gasteiger partial charge in [0.15, 0.2) is 0 Å². The Morgan fingerprint density at radius 2 is 1.75 bits per heavy atom. The second-order valence-corrected chi connectivity index (χ2v) is 5.14. The molecule has 4 nitrogen and oxygen atoms in total. The van der Waals surface area contributed by atoms with E-state index in [9.17, 15) is 9.59 Å². The van der Waals surface area contributed by atoms with Gasteiger partial charge in [-0.05, 0) is 25.2 Å². The van der Waals surface area contributed by atoms with E-state index in [4.69, 9.17) is 0 Å². The van der Waals surface area contributed by atoms with Crippen molar-refractivity contribution in [2.45, 2.75) is 45.1 Å². The van der Waals surface area contributed by atoms with E-state index in [1.807, 2.05) is 0 Å². The smallest absolute Gasteiger partial charge is 0.240 e. The molecule has 1 aliphatic heterocycles. The van der Waals surface area contributed by atoms with E-state index in [1.165, 1.54) is 19.3 Å². The molecule has 0 bridgehead atoms. The van der Waals surface area contributed by atoms with Crippen molar-refractivity contribution in [3.63, 3.8) is 0 Å². The van der Waals surface area contributed by atoms with Crippen molar-refractivity contribution in [1.29, 1.82) is 0 Å². The van der Waals surface area contributed by atoms with Crippen LogP contribution in [0.3, 0.4) is 0 Å². The number of piperazine rings is 1. The molecular weight excluding hydrogens is 204 g/mol. The lowest BCUT2D eigenvalue weighted by Crippen LogP contribution is -2.54. The molecule has 1 aliphatic carbocycles. The summed E-state index contributed by atoms with van der Waals surface area (Å²) in [5.74, 6) is 0.501. The molecule has 2 rings (SSSR count). The summed E-state index contributed by atoms with van der Waals surface area (Å²) in [7, 11) is 0. The molecule has 1 heterocycles. The Balaban J connectivity index is 1.95. The van der Waals surface area contributed by atoms with Gasteiger partial charge in [-0.25, -0.2) is 0 Å². The van der Waals surface area contributed by atoms with Crippen molar-refractivity contribution in [3.8, 4) is 0 Å². The summed E-state index contributed by atoms with van der Waals surface area (Å²) in [5, 5.41) is 2.35. The van der Waals surface area contributed by atoms with Gasteiger partial charge in [-0.3, -0.25) is 19.8 Å². The average Bonchev–Trinajstić information content (AvgIpc) is 2.41. The van der Waals surface area contributed by atoms with E-state index < -0.39 is 0 Å². The van der Waals surface area contributed by atoms with Crippen LogP contribution in [0.2, 0.25) is 0 Å². The minimum Gasteiger partial charge on any atom is -0.294 e. The number of imide groups is 1. The quantitative estimate of drug-likeness (QED) is 0.532. The summed E-state index contributed by atoms with van der Waals surface area (Å²) >= 11 is 0. The van der Waals surface area contributed by atoms with E-state index >= 15 is 0 Å². The molecule has 1 saturated carbocycles. The van der Waals surface area contributed by atoms with E-state index in [1.54, 1.807) is 0 Å². The molecule has 90 valence electrons. The van der Waals surface area contributed by atoms with Crippen molar-refractivity contribution in [2.75, 3.05) is 13.1 Å². The van der Waals surface area contributed by atoms with Crippen LogP contribution in [0.15, 0.2) is 0 Å². The third-order valence-electron chi connectivity index (χ3n) is 3.72. The Morgan fingerprint density at radius 3 is 2.44 bits per heavy atom. The Labute approximate surface area is 96.4 Å². The van der Waals surface area contributed by atoms with Crippen LogP contribution >= 0.6 is 0 Å². The van der Waals surface area contributed by atoms with Gasteiger partial charge in [-0.1, -0.05) is 19.8 Å². The third kappa shape index (κ3) is 2.82. The van der Waals surface area contributed by atoms with Crippen LogP contribution in [-0.4, -0.2) is 35.8 Å². The zero-order valence-electron chi connectivity index (χ0n) is 9.87. The van der Waals surface area contributed by atoms with Gasteiger partial charge in [-0.15, -0.1) is 0 Å². The van der Waals surface area contributed by atoms with Crippen molar-refractivity contribution in [3.05, 3.63) is 0 Å². The molecular formula is C12H20N2O2. The molecule has 0 aromatic rings. The first-order valence-electron chi connectivity index (χ1n) is 6.22. The first-order valence-corrected chi connectivity index (χ1v) is 6.22. The Morgan fingerprint density at radius 1 is 1.06 bits per heavy atom. The molecule has 2 fully saturated rings. The lowest BCUT2D eigenvalue weighted by molar-refractivity contribution is -0.137. The normalized spacial score (nSPS) is 33.3. The molecule has 2 unspecified atom stereocenters. The zero-order valence-corrected chi connectivity index (χ0v) is 9.87. The lowest BCUT2D eigenvalue weighted by atomic mass is 10.0. The SMILES string of the molecule is CC1CCCC(N2CC(=O)NC(=O)C2)CC1. The minimum atomic E-state index is -0.145. The molecule has 0 aromatic heterocycles. The van der Waals surface area contributed by atoms with E-state index in [2.05, 4.69) is 17.1 Å². The van der Waals surface area contributed by atoms with Gasteiger partial charge in [0.1, 0.15) is 0 Å². The molecule has 0 aromatic carbocycles. The van der Waals surface area contributed by atoms with Crippen molar-refractivity contribution < 1.29 is 9.59 Å². The predicted octanol–water partition coefficient (Wildman–Crippen LogP) is 0.914. The number of carbonyl (C=O) groups excluding carboxylic acids is 2. The van der Waals surface area contributed by atoms with Gasteiger partial charge in [0.05, 0.1) is 13.1 Å². The molecule has 2 amide bonds. The van der Waals surface area contributed by atoms with Gasteiger partial charge in [-0.2, -0.15) is 0 Å². The van der Waals surface area contributed by atoms with Crippen LogP contribution in [-0.2, 0) is 9.59 Å². The maximum Gasteiger partial charge on any atom is 0.240 e. The van der Waals surface area contributed by atoms with Crippen LogP contribution in [0, 0.1) is 5.92 Å². The Hall–Kier alpha value is -0.900. The standard InChI is InChI=1S/C12H20N2O2/c1-9-3-2-4-10(6-5-9)14-7-11(15)13-12(16)8-14/h9-10H,2-8H2,1H3,(H,13,15,16). The molecule has 2 aliphatic rings. The maximum atomic E-state index is 11.3. The highest BCUT2D eigenvalue weighted by atomic mass is 16.2. The van der Waals surface area contributed by atoms with Gasteiger partial charge >= 0.3 is 0 Å². The summed E-state index contributed by atoms with van der Waals surface area (Å²) in [6.45, 7) is 3.08. The average molecular weight is 224 g/mol. The summed E-state index contributed by atoms with van der Waals surface area (Å²) in [6, 6.07) is 0.431. The predicted molar refractivity (Wildman–Crippen MR) is 60.8 cm³/mol. The van der Waals surface area contributed by atoms with Crippen molar-refractivity contribution >= 4 is 11.8 Å². The number of nitrogens with one attached hydrogen (secondary N) is 1. The highest BCUT2D eigenvalue weighted by Crippen LogP contribution is 2.26. The molecule has 1 saturated heterocycles. The highest BCUT2D eigenvalue weighted by Gasteiger charge is 2.29. The van der Waals surface area contributed by atoms with E-state index in [0.717, 1.165) is 18.8 Å². The highest BCUT2D eigenvalue weighted by molar-refractivity contribution is 5.99. The fourth-order valence-corrected chi connectivity index (χ4v) is 2.75.